The number of nitro groups is 1. The van der Waals surface area contributed by atoms with Gasteiger partial charge in [0.25, 0.3) is 5.69 Å². The fourth-order valence-electron chi connectivity index (χ4n) is 1.28. The van der Waals surface area contributed by atoms with Crippen molar-refractivity contribution in [1.29, 1.82) is 0 Å². The number of nitro benzene ring substituents is 1. The molecule has 1 aromatic carbocycles. The summed E-state index contributed by atoms with van der Waals surface area (Å²) in [5.74, 6) is -0.560. The summed E-state index contributed by atoms with van der Waals surface area (Å²) < 4.78 is 9.89. The van der Waals surface area contributed by atoms with Gasteiger partial charge in [0, 0.05) is 6.07 Å². The van der Waals surface area contributed by atoms with Crippen LogP contribution in [0.3, 0.4) is 0 Å². The zero-order chi connectivity index (χ0) is 12.4. The molecular formula is C10H8ClNO5. The van der Waals surface area contributed by atoms with Crippen molar-refractivity contribution in [2.75, 3.05) is 13.2 Å². The van der Waals surface area contributed by atoms with E-state index < -0.39 is 10.9 Å². The van der Waals surface area contributed by atoms with Gasteiger partial charge in [0.1, 0.15) is 11.1 Å². The maximum absolute atomic E-state index is 11.6. The van der Waals surface area contributed by atoms with Crippen molar-refractivity contribution in [2.45, 2.75) is 6.10 Å². The fraction of sp³-hybridized carbons (Fsp3) is 0.300. The lowest BCUT2D eigenvalue weighted by molar-refractivity contribution is -0.384. The monoisotopic (exact) mass is 257 g/mol. The summed E-state index contributed by atoms with van der Waals surface area (Å²) in [5.41, 5.74) is -0.0531. The van der Waals surface area contributed by atoms with Gasteiger partial charge in [-0.1, -0.05) is 11.6 Å². The second-order valence-corrected chi connectivity index (χ2v) is 3.90. The Bertz CT molecular complexity index is 472. The summed E-state index contributed by atoms with van der Waals surface area (Å²) in [6.07, 6.45) is -0.239. The number of ether oxygens (including phenoxy) is 2. The Labute approximate surface area is 101 Å². The number of carbonyl (C=O) groups excluding carboxylic acids is 1. The summed E-state index contributed by atoms with van der Waals surface area (Å²) in [6.45, 7) is 0.763. The highest BCUT2D eigenvalue weighted by Gasteiger charge is 2.24. The summed E-state index contributed by atoms with van der Waals surface area (Å²) in [5, 5.41) is 10.4. The maximum Gasteiger partial charge on any atom is 0.338 e. The molecule has 0 unspecified atom stereocenters. The molecule has 7 heteroatoms. The molecule has 0 aliphatic carbocycles. The van der Waals surface area contributed by atoms with Crippen LogP contribution >= 0.6 is 11.6 Å². The Morgan fingerprint density at radius 3 is 2.71 bits per heavy atom. The quantitative estimate of drug-likeness (QED) is 0.469. The van der Waals surface area contributed by atoms with Gasteiger partial charge in [0.05, 0.1) is 23.7 Å². The van der Waals surface area contributed by atoms with Crippen LogP contribution in [0.15, 0.2) is 18.2 Å². The van der Waals surface area contributed by atoms with E-state index in [1.165, 1.54) is 18.2 Å². The highest BCUT2D eigenvalue weighted by Crippen LogP contribution is 2.25. The van der Waals surface area contributed by atoms with Crippen molar-refractivity contribution in [1.82, 2.24) is 0 Å². The first-order valence-corrected chi connectivity index (χ1v) is 5.18. The van der Waals surface area contributed by atoms with E-state index in [2.05, 4.69) is 0 Å². The fourth-order valence-corrected chi connectivity index (χ4v) is 1.53. The lowest BCUT2D eigenvalue weighted by Gasteiger charge is -2.25. The molecule has 17 heavy (non-hydrogen) atoms. The van der Waals surface area contributed by atoms with Crippen LogP contribution < -0.4 is 0 Å². The minimum Gasteiger partial charge on any atom is -0.454 e. The number of nitrogens with zero attached hydrogens (tertiary/aromatic N) is 1. The van der Waals surface area contributed by atoms with Gasteiger partial charge >= 0.3 is 5.97 Å². The first kappa shape index (κ1) is 11.8. The van der Waals surface area contributed by atoms with Crippen LogP contribution in [-0.4, -0.2) is 30.2 Å². The molecule has 0 aromatic heterocycles. The van der Waals surface area contributed by atoms with E-state index in [0.717, 1.165) is 0 Å². The number of halogens is 1. The molecule has 0 radical (unpaired) electrons. The van der Waals surface area contributed by atoms with Gasteiger partial charge in [-0.3, -0.25) is 10.1 Å². The Balaban J connectivity index is 2.13. The molecule has 2 rings (SSSR count). The third kappa shape index (κ3) is 2.54. The first-order valence-electron chi connectivity index (χ1n) is 4.80. The molecule has 90 valence electrons. The van der Waals surface area contributed by atoms with Crippen LogP contribution in [0.4, 0.5) is 5.69 Å². The third-order valence-electron chi connectivity index (χ3n) is 2.26. The van der Waals surface area contributed by atoms with E-state index in [4.69, 9.17) is 21.1 Å². The molecule has 0 amide bonds. The lowest BCUT2D eigenvalue weighted by atomic mass is 10.2. The molecule has 0 bridgehead atoms. The Kier molecular flexibility index (Phi) is 3.26. The Morgan fingerprint density at radius 2 is 2.24 bits per heavy atom. The SMILES string of the molecule is O=C(OC1COC1)c1ccc([N+](=O)[O-])c(Cl)c1. The Morgan fingerprint density at radius 1 is 1.53 bits per heavy atom. The zero-order valence-corrected chi connectivity index (χ0v) is 9.35. The standard InChI is InChI=1S/C10H8ClNO5/c11-8-3-6(1-2-9(8)12(14)15)10(13)17-7-4-16-5-7/h1-3,7H,4-5H2. The van der Waals surface area contributed by atoms with Crippen LogP contribution in [0, 0.1) is 10.1 Å². The number of hydrogen-bond donors (Lipinski definition) is 0. The van der Waals surface area contributed by atoms with Crippen molar-refractivity contribution in [3.05, 3.63) is 38.9 Å². The van der Waals surface area contributed by atoms with Gasteiger partial charge in [-0.25, -0.2) is 4.79 Å². The van der Waals surface area contributed by atoms with Crippen LogP contribution in [0.1, 0.15) is 10.4 Å². The molecule has 6 nitrogen and oxygen atoms in total. The smallest absolute Gasteiger partial charge is 0.338 e. The van der Waals surface area contributed by atoms with Crippen LogP contribution in [-0.2, 0) is 9.47 Å². The van der Waals surface area contributed by atoms with E-state index >= 15 is 0 Å². The molecule has 1 saturated heterocycles. The predicted octanol–water partition coefficient (Wildman–Crippen LogP) is 1.80. The van der Waals surface area contributed by atoms with Gasteiger partial charge < -0.3 is 9.47 Å². The lowest BCUT2D eigenvalue weighted by Crippen LogP contribution is -2.37. The van der Waals surface area contributed by atoms with Crippen molar-refractivity contribution in [3.63, 3.8) is 0 Å². The van der Waals surface area contributed by atoms with Gasteiger partial charge in [0.15, 0.2) is 0 Å². The summed E-state index contributed by atoms with van der Waals surface area (Å²) in [7, 11) is 0. The third-order valence-corrected chi connectivity index (χ3v) is 2.56. The topological polar surface area (TPSA) is 78.7 Å². The normalized spacial score (nSPS) is 15.1. The molecule has 1 aliphatic rings. The number of esters is 1. The summed E-state index contributed by atoms with van der Waals surface area (Å²) >= 11 is 5.68. The summed E-state index contributed by atoms with van der Waals surface area (Å²) in [4.78, 5) is 21.5. The van der Waals surface area contributed by atoms with Crippen molar-refractivity contribution >= 4 is 23.3 Å². The maximum atomic E-state index is 11.6. The predicted molar refractivity (Wildman–Crippen MR) is 58.1 cm³/mol. The molecular weight excluding hydrogens is 250 g/mol. The number of hydrogen-bond acceptors (Lipinski definition) is 5. The van der Waals surface area contributed by atoms with Gasteiger partial charge in [-0.15, -0.1) is 0 Å². The van der Waals surface area contributed by atoms with Crippen LogP contribution in [0.25, 0.3) is 0 Å². The van der Waals surface area contributed by atoms with Crippen molar-refractivity contribution in [3.8, 4) is 0 Å². The van der Waals surface area contributed by atoms with E-state index in [1.54, 1.807) is 0 Å². The van der Waals surface area contributed by atoms with E-state index in [0.29, 0.717) is 13.2 Å². The number of rotatable bonds is 3. The van der Waals surface area contributed by atoms with E-state index in [9.17, 15) is 14.9 Å². The van der Waals surface area contributed by atoms with Crippen LogP contribution in [0.5, 0.6) is 0 Å². The van der Waals surface area contributed by atoms with Crippen molar-refractivity contribution < 1.29 is 19.2 Å². The zero-order valence-electron chi connectivity index (χ0n) is 8.59. The van der Waals surface area contributed by atoms with Crippen molar-refractivity contribution in [2.24, 2.45) is 0 Å². The molecule has 1 aliphatic heterocycles. The highest BCUT2D eigenvalue weighted by atomic mass is 35.5. The first-order chi connectivity index (χ1) is 8.08. The second kappa shape index (κ2) is 4.68. The number of benzene rings is 1. The van der Waals surface area contributed by atoms with Crippen LogP contribution in [0.2, 0.25) is 5.02 Å². The summed E-state index contributed by atoms with van der Waals surface area (Å²) in [6, 6.07) is 3.71. The molecule has 0 saturated carbocycles. The highest BCUT2D eigenvalue weighted by molar-refractivity contribution is 6.33. The average molecular weight is 258 g/mol. The molecule has 0 N–H and O–H groups in total. The largest absolute Gasteiger partial charge is 0.454 e. The van der Waals surface area contributed by atoms with Gasteiger partial charge in [-0.05, 0) is 12.1 Å². The average Bonchev–Trinajstić information content (AvgIpc) is 2.22. The minimum atomic E-state index is -0.614. The van der Waals surface area contributed by atoms with Gasteiger partial charge in [-0.2, -0.15) is 0 Å². The molecule has 0 atom stereocenters. The van der Waals surface area contributed by atoms with E-state index in [-0.39, 0.29) is 22.4 Å². The molecule has 1 aromatic rings. The second-order valence-electron chi connectivity index (χ2n) is 3.49. The molecule has 0 spiro atoms. The Hall–Kier alpha value is -1.66. The minimum absolute atomic E-state index is 0.0886. The van der Waals surface area contributed by atoms with Gasteiger partial charge in [0.2, 0.25) is 0 Å². The number of carbonyl (C=O) groups is 1. The van der Waals surface area contributed by atoms with E-state index in [1.807, 2.05) is 0 Å². The molecule has 1 heterocycles. The molecule has 1 fully saturated rings.